The number of fused-ring (bicyclic) bond motifs is 1. The highest BCUT2D eigenvalue weighted by Gasteiger charge is 2.18. The van der Waals surface area contributed by atoms with E-state index in [2.05, 4.69) is 111 Å². The molecule has 0 atom stereocenters. The lowest BCUT2D eigenvalue weighted by molar-refractivity contribution is 0.591. The molecule has 0 N–H and O–H groups in total. The van der Waals surface area contributed by atoms with E-state index in [9.17, 15) is 0 Å². The lowest BCUT2D eigenvalue weighted by Gasteiger charge is -2.20. The van der Waals surface area contributed by atoms with Crippen LogP contribution in [-0.4, -0.2) is 15.8 Å². The molecule has 168 valence electrons. The van der Waals surface area contributed by atoms with E-state index in [1.807, 2.05) is 24.4 Å². The predicted molar refractivity (Wildman–Crippen MR) is 144 cm³/mol. The van der Waals surface area contributed by atoms with Crippen molar-refractivity contribution in [3.8, 4) is 22.3 Å². The zero-order valence-electron chi connectivity index (χ0n) is 20.2. The highest BCUT2D eigenvalue weighted by molar-refractivity contribution is 6.03. The summed E-state index contributed by atoms with van der Waals surface area (Å²) in [6.07, 6.45) is 1.90. The van der Waals surface area contributed by atoms with Gasteiger partial charge in [-0.1, -0.05) is 112 Å². The molecular weight excluding hydrogens is 414 g/mol. The Labute approximate surface area is 201 Å². The normalized spacial score (nSPS) is 12.0. The molecule has 5 rings (SSSR count). The molecule has 34 heavy (non-hydrogen) atoms. The minimum absolute atomic E-state index is 0.0151. The number of hydrogen-bond donors (Lipinski definition) is 0. The van der Waals surface area contributed by atoms with E-state index in [1.54, 1.807) is 0 Å². The Hall–Kier alpha value is -3.98. The highest BCUT2D eigenvalue weighted by atomic mass is 15.1. The molecule has 1 heterocycles. The summed E-state index contributed by atoms with van der Waals surface area (Å²) in [5.74, 6) is 0.833. The largest absolute Gasteiger partial charge is 0.326 e. The quantitative estimate of drug-likeness (QED) is 0.259. The van der Waals surface area contributed by atoms with Gasteiger partial charge in [0.2, 0.25) is 0 Å². The van der Waals surface area contributed by atoms with Gasteiger partial charge < -0.3 is 4.57 Å². The van der Waals surface area contributed by atoms with Gasteiger partial charge in [0.15, 0.2) is 5.82 Å². The standard InChI is InChI=1S/C31H29N3/c1-31(2,3)26-17-11-12-18-27(26)32-21-28-33-29-24(22-13-7-5-8-14-22)19-20-25(30(29)34(28)4)23-15-9-6-10-16-23/h5-21H,1-4H3/b32-21+. The maximum absolute atomic E-state index is 5.10. The van der Waals surface area contributed by atoms with Gasteiger partial charge in [0.25, 0.3) is 0 Å². The zero-order valence-corrected chi connectivity index (χ0v) is 20.2. The number of rotatable bonds is 4. The topological polar surface area (TPSA) is 30.2 Å². The molecule has 0 aliphatic rings. The molecule has 0 aliphatic carbocycles. The van der Waals surface area contributed by atoms with Crippen molar-refractivity contribution in [1.29, 1.82) is 0 Å². The third kappa shape index (κ3) is 4.06. The number of aryl methyl sites for hydroxylation is 1. The fourth-order valence-corrected chi connectivity index (χ4v) is 4.50. The fourth-order valence-electron chi connectivity index (χ4n) is 4.50. The third-order valence-electron chi connectivity index (χ3n) is 6.26. The van der Waals surface area contributed by atoms with E-state index in [0.717, 1.165) is 33.7 Å². The van der Waals surface area contributed by atoms with Gasteiger partial charge in [-0.15, -0.1) is 0 Å². The minimum atomic E-state index is 0.0151. The van der Waals surface area contributed by atoms with Gasteiger partial charge >= 0.3 is 0 Å². The smallest absolute Gasteiger partial charge is 0.152 e. The van der Waals surface area contributed by atoms with Crippen molar-refractivity contribution in [2.75, 3.05) is 0 Å². The molecule has 0 amide bonds. The second-order valence-corrected chi connectivity index (χ2v) is 9.64. The molecule has 1 aromatic heterocycles. The second kappa shape index (κ2) is 8.75. The molecule has 3 heteroatoms. The number of aromatic nitrogens is 2. The van der Waals surface area contributed by atoms with Crippen molar-refractivity contribution in [1.82, 2.24) is 9.55 Å². The van der Waals surface area contributed by atoms with E-state index in [-0.39, 0.29) is 5.41 Å². The predicted octanol–water partition coefficient (Wildman–Crippen LogP) is 7.96. The molecule has 0 saturated heterocycles. The summed E-state index contributed by atoms with van der Waals surface area (Å²) in [6, 6.07) is 33.7. The summed E-state index contributed by atoms with van der Waals surface area (Å²) in [5, 5.41) is 0. The van der Waals surface area contributed by atoms with Gasteiger partial charge in [-0.3, -0.25) is 4.99 Å². The Balaban J connectivity index is 1.71. The Bertz CT molecular complexity index is 1470. The maximum Gasteiger partial charge on any atom is 0.152 e. The van der Waals surface area contributed by atoms with E-state index in [0.29, 0.717) is 0 Å². The van der Waals surface area contributed by atoms with Crippen LogP contribution in [0.25, 0.3) is 33.3 Å². The zero-order chi connectivity index (χ0) is 23.7. The van der Waals surface area contributed by atoms with Crippen molar-refractivity contribution in [3.63, 3.8) is 0 Å². The van der Waals surface area contributed by atoms with Crippen LogP contribution in [0, 0.1) is 0 Å². The lowest BCUT2D eigenvalue weighted by Crippen LogP contribution is -2.11. The molecule has 0 fully saturated rings. The first-order chi connectivity index (χ1) is 16.4. The van der Waals surface area contributed by atoms with Crippen molar-refractivity contribution in [2.45, 2.75) is 26.2 Å². The molecule has 0 aliphatic heterocycles. The number of benzene rings is 4. The number of aliphatic imine (C=N–C) groups is 1. The van der Waals surface area contributed by atoms with Crippen LogP contribution in [0.4, 0.5) is 5.69 Å². The van der Waals surface area contributed by atoms with Crippen LogP contribution in [0.5, 0.6) is 0 Å². The van der Waals surface area contributed by atoms with Crippen LogP contribution >= 0.6 is 0 Å². The average molecular weight is 444 g/mol. The Kier molecular flexibility index (Phi) is 5.62. The summed E-state index contributed by atoms with van der Waals surface area (Å²) >= 11 is 0. The van der Waals surface area contributed by atoms with Gasteiger partial charge in [0.1, 0.15) is 0 Å². The molecule has 3 nitrogen and oxygen atoms in total. The van der Waals surface area contributed by atoms with Crippen LogP contribution in [0.3, 0.4) is 0 Å². The Morgan fingerprint density at radius 3 is 1.91 bits per heavy atom. The first-order valence-corrected chi connectivity index (χ1v) is 11.7. The minimum Gasteiger partial charge on any atom is -0.326 e. The van der Waals surface area contributed by atoms with Crippen molar-refractivity contribution in [2.24, 2.45) is 12.0 Å². The first-order valence-electron chi connectivity index (χ1n) is 11.7. The summed E-state index contributed by atoms with van der Waals surface area (Å²) in [6.45, 7) is 6.65. The second-order valence-electron chi connectivity index (χ2n) is 9.64. The summed E-state index contributed by atoms with van der Waals surface area (Å²) in [4.78, 5) is 9.99. The van der Waals surface area contributed by atoms with Crippen LogP contribution in [0.1, 0.15) is 32.2 Å². The molecule has 0 radical (unpaired) electrons. The van der Waals surface area contributed by atoms with Gasteiger partial charge in [0.05, 0.1) is 22.9 Å². The number of para-hydroxylation sites is 1. The van der Waals surface area contributed by atoms with Gasteiger partial charge in [0, 0.05) is 18.2 Å². The lowest BCUT2D eigenvalue weighted by atomic mass is 9.86. The average Bonchev–Trinajstić information content (AvgIpc) is 3.19. The van der Waals surface area contributed by atoms with Gasteiger partial charge in [-0.05, 0) is 28.2 Å². The van der Waals surface area contributed by atoms with Gasteiger partial charge in [-0.2, -0.15) is 0 Å². The molecule has 0 bridgehead atoms. The SMILES string of the molecule is Cn1c(/C=N/c2ccccc2C(C)(C)C)nc2c(-c3ccccc3)ccc(-c3ccccc3)c21. The molecule has 4 aromatic carbocycles. The first kappa shape index (κ1) is 21.8. The summed E-state index contributed by atoms with van der Waals surface area (Å²) in [7, 11) is 2.08. The van der Waals surface area contributed by atoms with Crippen molar-refractivity contribution in [3.05, 3.63) is 108 Å². The molecule has 0 unspecified atom stereocenters. The summed E-state index contributed by atoms with van der Waals surface area (Å²) in [5.41, 5.74) is 8.94. The fraction of sp³-hybridized carbons (Fsp3) is 0.161. The van der Waals surface area contributed by atoms with Crippen LogP contribution in [0.2, 0.25) is 0 Å². The van der Waals surface area contributed by atoms with Crippen molar-refractivity contribution < 1.29 is 0 Å². The van der Waals surface area contributed by atoms with Crippen molar-refractivity contribution >= 4 is 22.9 Å². The third-order valence-corrected chi connectivity index (χ3v) is 6.26. The van der Waals surface area contributed by atoms with E-state index in [4.69, 9.17) is 9.98 Å². The summed E-state index contributed by atoms with van der Waals surface area (Å²) < 4.78 is 2.16. The molecule has 0 saturated carbocycles. The van der Waals surface area contributed by atoms with Crippen LogP contribution < -0.4 is 0 Å². The molecule has 0 spiro atoms. The van der Waals surface area contributed by atoms with Crippen LogP contribution in [0.15, 0.2) is 102 Å². The Morgan fingerprint density at radius 2 is 1.26 bits per heavy atom. The molecular formula is C31H29N3. The van der Waals surface area contributed by atoms with Gasteiger partial charge in [-0.25, -0.2) is 4.98 Å². The maximum atomic E-state index is 5.10. The van der Waals surface area contributed by atoms with E-state index >= 15 is 0 Å². The highest BCUT2D eigenvalue weighted by Crippen LogP contribution is 2.36. The number of hydrogen-bond acceptors (Lipinski definition) is 2. The van der Waals surface area contributed by atoms with E-state index < -0.39 is 0 Å². The van der Waals surface area contributed by atoms with Crippen LogP contribution in [-0.2, 0) is 12.5 Å². The molecule has 5 aromatic rings. The number of imidazole rings is 1. The monoisotopic (exact) mass is 443 g/mol. The van der Waals surface area contributed by atoms with E-state index in [1.165, 1.54) is 16.7 Å². The Morgan fingerprint density at radius 1 is 0.706 bits per heavy atom. The number of nitrogens with zero attached hydrogens (tertiary/aromatic N) is 3.